The minimum absolute atomic E-state index is 0.230. The van der Waals surface area contributed by atoms with Gasteiger partial charge in [-0.2, -0.15) is 0 Å². The summed E-state index contributed by atoms with van der Waals surface area (Å²) in [5.41, 5.74) is 2.33. The van der Waals surface area contributed by atoms with E-state index in [1.165, 1.54) is 6.07 Å². The largest absolute Gasteiger partial charge is 0.206 e. The molecule has 0 aromatic heterocycles. The highest BCUT2D eigenvalue weighted by molar-refractivity contribution is 9.10. The van der Waals surface area contributed by atoms with Crippen molar-refractivity contribution in [1.82, 2.24) is 0 Å². The highest BCUT2D eigenvalue weighted by Crippen LogP contribution is 2.31. The van der Waals surface area contributed by atoms with Crippen molar-refractivity contribution >= 4 is 27.5 Å². The van der Waals surface area contributed by atoms with Crippen LogP contribution in [0.5, 0.6) is 0 Å². The molecule has 0 atom stereocenters. The maximum absolute atomic E-state index is 13.7. The zero-order valence-electron chi connectivity index (χ0n) is 8.38. The molecule has 0 radical (unpaired) electrons. The second-order valence-electron chi connectivity index (χ2n) is 3.38. The van der Waals surface area contributed by atoms with Gasteiger partial charge in [-0.3, -0.25) is 0 Å². The third-order valence-corrected chi connectivity index (χ3v) is 3.43. The molecule has 82 valence electrons. The van der Waals surface area contributed by atoms with Crippen LogP contribution in [-0.2, 0) is 5.88 Å². The van der Waals surface area contributed by atoms with Crippen LogP contribution in [0.1, 0.15) is 5.56 Å². The molecule has 0 unspecified atom stereocenters. The Kier molecular flexibility index (Phi) is 3.62. The van der Waals surface area contributed by atoms with Gasteiger partial charge in [-0.15, -0.1) is 11.6 Å². The fourth-order valence-electron chi connectivity index (χ4n) is 1.63. The van der Waals surface area contributed by atoms with Crippen LogP contribution in [0.25, 0.3) is 11.1 Å². The highest BCUT2D eigenvalue weighted by atomic mass is 79.9. The molecule has 0 amide bonds. The Balaban J connectivity index is 2.65. The number of halogens is 3. The van der Waals surface area contributed by atoms with Gasteiger partial charge in [0.2, 0.25) is 0 Å². The van der Waals surface area contributed by atoms with Gasteiger partial charge in [0.15, 0.2) is 0 Å². The van der Waals surface area contributed by atoms with Crippen molar-refractivity contribution in [2.45, 2.75) is 5.88 Å². The lowest BCUT2D eigenvalue weighted by atomic mass is 10.0. The van der Waals surface area contributed by atoms with Crippen molar-refractivity contribution in [3.05, 3.63) is 58.3 Å². The van der Waals surface area contributed by atoms with Crippen LogP contribution in [0.2, 0.25) is 0 Å². The number of hydrogen-bond donors (Lipinski definition) is 0. The Morgan fingerprint density at radius 1 is 1.00 bits per heavy atom. The molecule has 0 saturated carbocycles. The summed E-state index contributed by atoms with van der Waals surface area (Å²) in [5, 5.41) is 0. The number of hydrogen-bond acceptors (Lipinski definition) is 0. The molecule has 0 spiro atoms. The summed E-state index contributed by atoms with van der Waals surface area (Å²) in [6.45, 7) is 0. The summed E-state index contributed by atoms with van der Waals surface area (Å²) in [7, 11) is 0. The zero-order valence-corrected chi connectivity index (χ0v) is 10.7. The van der Waals surface area contributed by atoms with E-state index in [2.05, 4.69) is 15.9 Å². The first-order valence-electron chi connectivity index (χ1n) is 4.82. The van der Waals surface area contributed by atoms with E-state index in [9.17, 15) is 4.39 Å². The molecule has 0 bridgehead atoms. The monoisotopic (exact) mass is 298 g/mol. The van der Waals surface area contributed by atoms with Crippen LogP contribution in [0.4, 0.5) is 4.39 Å². The van der Waals surface area contributed by atoms with Gasteiger partial charge in [0.05, 0.1) is 0 Å². The predicted octanol–water partition coefficient (Wildman–Crippen LogP) is 4.99. The molecule has 2 aromatic rings. The Hall–Kier alpha value is -0.860. The fourth-order valence-corrected chi connectivity index (χ4v) is 2.58. The SMILES string of the molecule is Fc1ccccc1-c1cccc(Br)c1CCl. The van der Waals surface area contributed by atoms with Crippen molar-refractivity contribution in [2.75, 3.05) is 0 Å². The van der Waals surface area contributed by atoms with Crippen molar-refractivity contribution < 1.29 is 4.39 Å². The molecule has 3 heteroatoms. The smallest absolute Gasteiger partial charge is 0.131 e. The molecule has 0 aliphatic heterocycles. The van der Waals surface area contributed by atoms with Gasteiger partial charge in [0, 0.05) is 15.9 Å². The number of benzene rings is 2. The molecule has 0 heterocycles. The molecule has 2 aromatic carbocycles. The lowest BCUT2D eigenvalue weighted by molar-refractivity contribution is 0.631. The Bertz CT molecular complexity index is 511. The van der Waals surface area contributed by atoms with Gasteiger partial charge >= 0.3 is 0 Å². The maximum Gasteiger partial charge on any atom is 0.131 e. The first-order valence-corrected chi connectivity index (χ1v) is 6.15. The molecular weight excluding hydrogens is 290 g/mol. The second kappa shape index (κ2) is 4.98. The number of alkyl halides is 1. The third kappa shape index (κ3) is 2.13. The zero-order chi connectivity index (χ0) is 11.5. The standard InChI is InChI=1S/C13H9BrClF/c14-12-6-3-5-9(11(12)8-15)10-4-1-2-7-13(10)16/h1-7H,8H2. The first-order chi connectivity index (χ1) is 7.74. The summed E-state index contributed by atoms with van der Waals surface area (Å²) in [5.74, 6) is 0.123. The van der Waals surface area contributed by atoms with E-state index in [-0.39, 0.29) is 5.82 Å². The lowest BCUT2D eigenvalue weighted by Crippen LogP contribution is -1.90. The summed E-state index contributed by atoms with van der Waals surface area (Å²) in [4.78, 5) is 0. The van der Waals surface area contributed by atoms with E-state index in [0.29, 0.717) is 11.4 Å². The van der Waals surface area contributed by atoms with Crippen LogP contribution in [0, 0.1) is 5.82 Å². The third-order valence-electron chi connectivity index (χ3n) is 2.42. The molecule has 0 fully saturated rings. The van der Waals surface area contributed by atoms with Crippen LogP contribution in [-0.4, -0.2) is 0 Å². The molecule has 0 N–H and O–H groups in total. The van der Waals surface area contributed by atoms with Crippen LogP contribution in [0.15, 0.2) is 46.9 Å². The molecule has 2 rings (SSSR count). The van der Waals surface area contributed by atoms with Gasteiger partial charge in [0.1, 0.15) is 5.82 Å². The molecule has 0 aliphatic carbocycles. The summed E-state index contributed by atoms with van der Waals surface area (Å²) in [6, 6.07) is 12.4. The average Bonchev–Trinajstić information content (AvgIpc) is 2.29. The van der Waals surface area contributed by atoms with E-state index in [1.54, 1.807) is 12.1 Å². The van der Waals surface area contributed by atoms with Gasteiger partial charge in [-0.25, -0.2) is 4.39 Å². The van der Waals surface area contributed by atoms with Crippen molar-refractivity contribution in [1.29, 1.82) is 0 Å². The minimum atomic E-state index is -0.230. The molecular formula is C13H9BrClF. The van der Waals surface area contributed by atoms with E-state index in [1.807, 2.05) is 24.3 Å². The number of rotatable bonds is 2. The normalized spacial score (nSPS) is 10.4. The van der Waals surface area contributed by atoms with Gasteiger partial charge in [-0.05, 0) is 23.3 Å². The minimum Gasteiger partial charge on any atom is -0.206 e. The highest BCUT2D eigenvalue weighted by Gasteiger charge is 2.10. The van der Waals surface area contributed by atoms with E-state index >= 15 is 0 Å². The lowest BCUT2D eigenvalue weighted by Gasteiger charge is -2.10. The van der Waals surface area contributed by atoms with Crippen molar-refractivity contribution in [2.24, 2.45) is 0 Å². The Morgan fingerprint density at radius 3 is 2.38 bits per heavy atom. The molecule has 0 saturated heterocycles. The van der Waals surface area contributed by atoms with Gasteiger partial charge < -0.3 is 0 Å². The van der Waals surface area contributed by atoms with E-state index < -0.39 is 0 Å². The van der Waals surface area contributed by atoms with Crippen molar-refractivity contribution in [3.8, 4) is 11.1 Å². The second-order valence-corrected chi connectivity index (χ2v) is 4.50. The predicted molar refractivity (Wildman–Crippen MR) is 69.1 cm³/mol. The van der Waals surface area contributed by atoms with E-state index in [0.717, 1.165) is 15.6 Å². The quantitative estimate of drug-likeness (QED) is 0.685. The van der Waals surface area contributed by atoms with Crippen molar-refractivity contribution in [3.63, 3.8) is 0 Å². The Morgan fingerprint density at radius 2 is 1.69 bits per heavy atom. The average molecular weight is 300 g/mol. The fraction of sp³-hybridized carbons (Fsp3) is 0.0769. The first kappa shape index (κ1) is 11.6. The van der Waals surface area contributed by atoms with Crippen LogP contribution in [0.3, 0.4) is 0 Å². The van der Waals surface area contributed by atoms with Crippen LogP contribution >= 0.6 is 27.5 Å². The van der Waals surface area contributed by atoms with Gasteiger partial charge in [0.25, 0.3) is 0 Å². The molecule has 0 aliphatic rings. The summed E-state index contributed by atoms with van der Waals surface area (Å²) >= 11 is 9.31. The maximum atomic E-state index is 13.7. The van der Waals surface area contributed by atoms with Gasteiger partial charge in [-0.1, -0.05) is 46.3 Å². The topological polar surface area (TPSA) is 0 Å². The molecule has 0 nitrogen and oxygen atoms in total. The summed E-state index contributed by atoms with van der Waals surface area (Å²) < 4.78 is 14.6. The summed E-state index contributed by atoms with van der Waals surface area (Å²) in [6.07, 6.45) is 0. The Labute approximate surface area is 107 Å². The van der Waals surface area contributed by atoms with E-state index in [4.69, 9.17) is 11.6 Å². The van der Waals surface area contributed by atoms with Crippen LogP contribution < -0.4 is 0 Å². The molecule has 16 heavy (non-hydrogen) atoms.